The Morgan fingerprint density at radius 2 is 2.00 bits per heavy atom. The molecular weight excluding hydrogens is 572 g/mol. The average Bonchev–Trinajstić information content (AvgIpc) is 3.59. The summed E-state index contributed by atoms with van der Waals surface area (Å²) in [6.45, 7) is 5.41. The van der Waals surface area contributed by atoms with Crippen molar-refractivity contribution in [1.29, 1.82) is 0 Å². The van der Waals surface area contributed by atoms with Crippen molar-refractivity contribution in [2.45, 2.75) is 82.8 Å². The first-order valence-electron chi connectivity index (χ1n) is 13.6. The van der Waals surface area contributed by atoms with Crippen LogP contribution in [0.15, 0.2) is 36.7 Å². The van der Waals surface area contributed by atoms with Crippen LogP contribution >= 0.6 is 7.75 Å². The number of hydrogen-bond donors (Lipinski definition) is 4. The number of nitrogens with zero attached hydrogens (tertiary/aromatic N) is 4. The summed E-state index contributed by atoms with van der Waals surface area (Å²) in [6.07, 6.45) is -1.50. The van der Waals surface area contributed by atoms with Crippen LogP contribution in [0.5, 0.6) is 5.75 Å². The van der Waals surface area contributed by atoms with Gasteiger partial charge in [0.2, 0.25) is 5.95 Å². The quantitative estimate of drug-likeness (QED) is 0.174. The van der Waals surface area contributed by atoms with E-state index >= 15 is 4.39 Å². The summed E-state index contributed by atoms with van der Waals surface area (Å²) >= 11 is 0. The minimum Gasteiger partial charge on any atom is -0.462 e. The summed E-state index contributed by atoms with van der Waals surface area (Å²) in [5, 5.41) is 16.7. The summed E-state index contributed by atoms with van der Waals surface area (Å²) in [4.78, 5) is 25.2. The van der Waals surface area contributed by atoms with Crippen LogP contribution in [0, 0.1) is 0 Å². The highest BCUT2D eigenvalue weighted by Gasteiger charge is 2.56. The Balaban J connectivity index is 1.36. The van der Waals surface area contributed by atoms with Crippen LogP contribution in [0.25, 0.3) is 11.2 Å². The molecular formula is C26H35FN7O7P. The summed E-state index contributed by atoms with van der Waals surface area (Å²) in [6, 6.07) is 7.33. The number of carbonyl (C=O) groups excluding carboxylic acids is 1. The lowest BCUT2D eigenvalue weighted by molar-refractivity contribution is -0.149. The van der Waals surface area contributed by atoms with Crippen molar-refractivity contribution >= 4 is 36.6 Å². The lowest BCUT2D eigenvalue weighted by atomic mass is 9.98. The van der Waals surface area contributed by atoms with Gasteiger partial charge in [-0.05, 0) is 52.7 Å². The molecule has 0 bridgehead atoms. The van der Waals surface area contributed by atoms with Crippen LogP contribution in [0.2, 0.25) is 0 Å². The number of esters is 1. The fourth-order valence-electron chi connectivity index (χ4n) is 4.48. The molecule has 2 fully saturated rings. The maximum atomic E-state index is 16.1. The van der Waals surface area contributed by atoms with Gasteiger partial charge in [-0.1, -0.05) is 18.2 Å². The highest BCUT2D eigenvalue weighted by molar-refractivity contribution is 7.52. The number of ether oxygens (including phenoxy) is 2. The zero-order valence-corrected chi connectivity index (χ0v) is 24.5. The standard InChI is InChI=1S/C26H35FN7O7P/c1-14(2)39-23(36)15(3)33-42(37,41-17-8-6-5-7-9-17)38-12-18-20(35)26(4,27)24(40-18)34-13-29-19-21(30-16-10-11-16)31-25(28)32-22(19)34/h5-9,13-16,18,20,24,35H,10-12H2,1-4H3,(H,33,37)(H3,28,30,31,32)/t15-,18-,20-,24-,26-,42?/m1/s1. The number of nitrogens with two attached hydrogens (primary N) is 1. The number of aromatic nitrogens is 4. The van der Waals surface area contributed by atoms with Gasteiger partial charge >= 0.3 is 13.7 Å². The first-order valence-corrected chi connectivity index (χ1v) is 15.2. The molecule has 2 aliphatic rings. The van der Waals surface area contributed by atoms with Gasteiger partial charge in [0.1, 0.15) is 24.0 Å². The first-order chi connectivity index (χ1) is 19.9. The molecule has 1 saturated heterocycles. The third-order valence-electron chi connectivity index (χ3n) is 6.76. The third-order valence-corrected chi connectivity index (χ3v) is 8.41. The highest BCUT2D eigenvalue weighted by Crippen LogP contribution is 2.48. The topological polar surface area (TPSA) is 185 Å². The van der Waals surface area contributed by atoms with E-state index in [9.17, 15) is 14.5 Å². The molecule has 1 aliphatic heterocycles. The molecule has 1 unspecified atom stereocenters. The van der Waals surface area contributed by atoms with E-state index in [1.807, 2.05) is 0 Å². The number of halogens is 1. The van der Waals surface area contributed by atoms with E-state index < -0.39 is 56.6 Å². The molecule has 2 aromatic heterocycles. The molecule has 3 heterocycles. The van der Waals surface area contributed by atoms with Gasteiger partial charge in [-0.15, -0.1) is 0 Å². The number of aliphatic hydroxyl groups excluding tert-OH is 1. The highest BCUT2D eigenvalue weighted by atomic mass is 31.2. The number of para-hydroxylation sites is 1. The number of benzene rings is 1. The summed E-state index contributed by atoms with van der Waals surface area (Å²) in [5.41, 5.74) is 4.16. The second-order valence-electron chi connectivity index (χ2n) is 10.8. The van der Waals surface area contributed by atoms with Crippen LogP contribution in [0.3, 0.4) is 0 Å². The lowest BCUT2D eigenvalue weighted by Crippen LogP contribution is -2.41. The molecule has 228 valence electrons. The third kappa shape index (κ3) is 6.50. The largest absolute Gasteiger partial charge is 0.462 e. The molecule has 1 saturated carbocycles. The van der Waals surface area contributed by atoms with Crippen molar-refractivity contribution in [2.75, 3.05) is 17.7 Å². The number of anilines is 2. The van der Waals surface area contributed by atoms with E-state index in [2.05, 4.69) is 25.4 Å². The number of nitrogens with one attached hydrogen (secondary N) is 2. The monoisotopic (exact) mass is 607 g/mol. The molecule has 0 spiro atoms. The maximum Gasteiger partial charge on any atom is 0.459 e. The zero-order valence-electron chi connectivity index (χ0n) is 23.6. The fourth-order valence-corrected chi connectivity index (χ4v) is 5.99. The molecule has 1 aromatic carbocycles. The molecule has 5 N–H and O–H groups in total. The van der Waals surface area contributed by atoms with Gasteiger partial charge in [0.25, 0.3) is 0 Å². The van der Waals surface area contributed by atoms with E-state index in [4.69, 9.17) is 24.3 Å². The molecule has 5 rings (SSSR count). The predicted octanol–water partition coefficient (Wildman–Crippen LogP) is 3.10. The molecule has 42 heavy (non-hydrogen) atoms. The number of imidazole rings is 1. The second kappa shape index (κ2) is 11.7. The maximum absolute atomic E-state index is 16.1. The van der Waals surface area contributed by atoms with E-state index in [0.717, 1.165) is 12.8 Å². The van der Waals surface area contributed by atoms with Crippen molar-refractivity contribution in [3.63, 3.8) is 0 Å². The van der Waals surface area contributed by atoms with Gasteiger partial charge < -0.3 is 30.2 Å². The van der Waals surface area contributed by atoms with E-state index in [1.165, 1.54) is 24.7 Å². The number of hydrogen-bond acceptors (Lipinski definition) is 12. The number of carbonyl (C=O) groups is 1. The summed E-state index contributed by atoms with van der Waals surface area (Å²) in [5.74, 6) is -0.103. The number of alkyl halides is 1. The van der Waals surface area contributed by atoms with Gasteiger partial charge in [-0.25, -0.2) is 13.9 Å². The zero-order chi connectivity index (χ0) is 30.2. The van der Waals surface area contributed by atoms with Crippen molar-refractivity contribution in [2.24, 2.45) is 0 Å². The van der Waals surface area contributed by atoms with Crippen molar-refractivity contribution in [1.82, 2.24) is 24.6 Å². The minimum absolute atomic E-state index is 0.0402. The minimum atomic E-state index is -4.28. The molecule has 1 aliphatic carbocycles. The Labute approximate surface area is 241 Å². The smallest absolute Gasteiger partial charge is 0.459 e. The Bertz CT molecular complexity index is 1470. The number of nitrogen functional groups attached to an aromatic ring is 1. The van der Waals surface area contributed by atoms with E-state index in [-0.39, 0.29) is 23.4 Å². The van der Waals surface area contributed by atoms with Crippen LogP contribution in [-0.2, 0) is 23.4 Å². The Morgan fingerprint density at radius 3 is 2.67 bits per heavy atom. The van der Waals surface area contributed by atoms with Gasteiger partial charge in [0, 0.05) is 6.04 Å². The van der Waals surface area contributed by atoms with E-state index in [1.54, 1.807) is 44.2 Å². The summed E-state index contributed by atoms with van der Waals surface area (Å²) < 4.78 is 53.6. The van der Waals surface area contributed by atoms with Crippen LogP contribution in [-0.4, -0.2) is 73.3 Å². The summed E-state index contributed by atoms with van der Waals surface area (Å²) in [7, 11) is -4.28. The van der Waals surface area contributed by atoms with Crippen molar-refractivity contribution in [3.05, 3.63) is 36.7 Å². The lowest BCUT2D eigenvalue weighted by Gasteiger charge is -2.25. The van der Waals surface area contributed by atoms with Gasteiger partial charge in [-0.3, -0.25) is 13.9 Å². The number of fused-ring (bicyclic) bond motifs is 1. The molecule has 16 heteroatoms. The average molecular weight is 608 g/mol. The van der Waals surface area contributed by atoms with Gasteiger partial charge in [-0.2, -0.15) is 15.1 Å². The Kier molecular flexibility index (Phi) is 8.41. The van der Waals surface area contributed by atoms with Gasteiger partial charge in [0.05, 0.1) is 19.0 Å². The molecule has 0 radical (unpaired) electrons. The molecule has 3 aromatic rings. The van der Waals surface area contributed by atoms with Crippen LogP contribution in [0.4, 0.5) is 16.2 Å². The fraction of sp³-hybridized carbons (Fsp3) is 0.538. The van der Waals surface area contributed by atoms with E-state index in [0.29, 0.717) is 11.3 Å². The van der Waals surface area contributed by atoms with Crippen LogP contribution < -0.4 is 20.7 Å². The molecule has 0 amide bonds. The molecule has 6 atom stereocenters. The van der Waals surface area contributed by atoms with Crippen molar-refractivity contribution in [3.8, 4) is 5.75 Å². The number of aliphatic hydroxyl groups is 1. The van der Waals surface area contributed by atoms with Crippen molar-refractivity contribution < 1.29 is 37.4 Å². The normalized spacial score (nSPS) is 26.2. The van der Waals surface area contributed by atoms with Gasteiger partial charge in [0.15, 0.2) is 28.9 Å². The molecule has 14 nitrogen and oxygen atoms in total. The van der Waals surface area contributed by atoms with Crippen LogP contribution in [0.1, 0.15) is 46.8 Å². The second-order valence-corrected chi connectivity index (χ2v) is 12.5. The predicted molar refractivity (Wildman–Crippen MR) is 150 cm³/mol. The Morgan fingerprint density at radius 1 is 1.29 bits per heavy atom. The number of rotatable bonds is 12. The Hall–Kier alpha value is -3.36. The first kappa shape index (κ1) is 30.1. The SMILES string of the molecule is CC(C)OC(=O)[C@@H](C)NP(=O)(OC[C@H]1O[C@@H](n2cnc3c(NC4CC4)nc(N)nc32)[C@](C)(F)[C@@H]1O)Oc1ccccc1.